The second-order valence-electron chi connectivity index (χ2n) is 4.33. The molecule has 0 spiro atoms. The van der Waals surface area contributed by atoms with Crippen LogP contribution in [0.5, 0.6) is 0 Å². The molecule has 3 N–H and O–H groups in total. The van der Waals surface area contributed by atoms with Gasteiger partial charge in [-0.25, -0.2) is 14.4 Å². The lowest BCUT2D eigenvalue weighted by molar-refractivity contribution is 0.128. The fraction of sp³-hybridized carbons (Fsp3) is 0.286. The van der Waals surface area contributed by atoms with E-state index in [9.17, 15) is 4.39 Å². The molecule has 1 heterocycles. The van der Waals surface area contributed by atoms with Gasteiger partial charge >= 0.3 is 0 Å². The lowest BCUT2D eigenvalue weighted by atomic mass is 10.2. The minimum atomic E-state index is -0.439. The molecule has 0 radical (unpaired) electrons. The van der Waals surface area contributed by atoms with E-state index in [0.29, 0.717) is 37.2 Å². The van der Waals surface area contributed by atoms with E-state index in [0.717, 1.165) is 5.56 Å². The molecule has 2 rings (SSSR count). The number of nitrogens with one attached hydrogen (secondary N) is 1. The van der Waals surface area contributed by atoms with E-state index in [1.54, 1.807) is 18.2 Å². The topological polar surface area (TPSA) is 73.1 Å². The summed E-state index contributed by atoms with van der Waals surface area (Å²) in [6.45, 7) is 3.22. The molecule has 0 aliphatic rings. The Labute approximate surface area is 127 Å². The van der Waals surface area contributed by atoms with E-state index in [1.807, 2.05) is 6.92 Å². The maximum absolute atomic E-state index is 13.1. The maximum atomic E-state index is 13.1. The van der Waals surface area contributed by atoms with Gasteiger partial charge in [0.25, 0.3) is 0 Å². The van der Waals surface area contributed by atoms with Crippen molar-refractivity contribution in [2.24, 2.45) is 0 Å². The molecule has 0 saturated heterocycles. The first-order chi connectivity index (χ1) is 10.1. The van der Waals surface area contributed by atoms with Gasteiger partial charge in [0, 0.05) is 19.2 Å². The fourth-order valence-electron chi connectivity index (χ4n) is 1.71. The van der Waals surface area contributed by atoms with Gasteiger partial charge < -0.3 is 15.8 Å². The molecule has 0 unspecified atom stereocenters. The summed E-state index contributed by atoms with van der Waals surface area (Å²) in [4.78, 5) is 8.37. The first-order valence-electron chi connectivity index (χ1n) is 6.47. The molecule has 2 aromatic rings. The lowest BCUT2D eigenvalue weighted by Crippen LogP contribution is -2.07. The summed E-state index contributed by atoms with van der Waals surface area (Å²) >= 11 is 5.74. The van der Waals surface area contributed by atoms with Crippen LogP contribution in [0.2, 0.25) is 5.02 Å². The Morgan fingerprint density at radius 3 is 2.86 bits per heavy atom. The molecule has 5 nitrogen and oxygen atoms in total. The summed E-state index contributed by atoms with van der Waals surface area (Å²) in [5, 5.41) is 3.19. The molecular formula is C14H16ClFN4O. The normalized spacial score (nSPS) is 10.6. The quantitative estimate of drug-likeness (QED) is 0.858. The third-order valence-electron chi connectivity index (χ3n) is 2.69. The van der Waals surface area contributed by atoms with E-state index in [4.69, 9.17) is 22.1 Å². The molecule has 7 heteroatoms. The van der Waals surface area contributed by atoms with Gasteiger partial charge in [-0.1, -0.05) is 17.7 Å². The summed E-state index contributed by atoms with van der Waals surface area (Å²) in [5.74, 6) is 1.01. The highest BCUT2D eigenvalue weighted by Gasteiger charge is 2.04. The molecule has 0 aliphatic carbocycles. The van der Waals surface area contributed by atoms with Crippen molar-refractivity contribution in [1.29, 1.82) is 0 Å². The molecule has 0 bridgehead atoms. The number of hydrogen-bond donors (Lipinski definition) is 2. The minimum Gasteiger partial charge on any atom is -0.384 e. The maximum Gasteiger partial charge on any atom is 0.158 e. The number of nitrogens with zero attached hydrogens (tertiary/aromatic N) is 2. The highest BCUT2D eigenvalue weighted by Crippen LogP contribution is 2.17. The average molecular weight is 311 g/mol. The predicted molar refractivity (Wildman–Crippen MR) is 80.5 cm³/mol. The molecule has 0 saturated carbocycles. The highest BCUT2D eigenvalue weighted by molar-refractivity contribution is 6.30. The molecule has 0 fully saturated rings. The van der Waals surface area contributed by atoms with Crippen LogP contribution >= 0.6 is 11.6 Å². The van der Waals surface area contributed by atoms with Gasteiger partial charge in [0.2, 0.25) is 0 Å². The average Bonchev–Trinajstić information content (AvgIpc) is 2.46. The number of nitrogen functional groups attached to an aromatic ring is 1. The Bertz CT molecular complexity index is 624. The van der Waals surface area contributed by atoms with Gasteiger partial charge in [-0.2, -0.15) is 0 Å². The monoisotopic (exact) mass is 310 g/mol. The first-order valence-corrected chi connectivity index (χ1v) is 6.85. The zero-order valence-electron chi connectivity index (χ0n) is 11.6. The van der Waals surface area contributed by atoms with Gasteiger partial charge in [-0.05, 0) is 24.6 Å². The second-order valence-corrected chi connectivity index (χ2v) is 4.74. The van der Waals surface area contributed by atoms with Crippen molar-refractivity contribution < 1.29 is 9.13 Å². The molecule has 21 heavy (non-hydrogen) atoms. The van der Waals surface area contributed by atoms with Crippen LogP contribution < -0.4 is 11.1 Å². The number of anilines is 2. The van der Waals surface area contributed by atoms with Gasteiger partial charge in [-0.3, -0.25) is 0 Å². The number of benzene rings is 1. The Balaban J connectivity index is 2.05. The van der Waals surface area contributed by atoms with Gasteiger partial charge in [0.15, 0.2) is 5.82 Å². The molecule has 1 aromatic carbocycles. The molecule has 0 aliphatic heterocycles. The van der Waals surface area contributed by atoms with E-state index >= 15 is 0 Å². The fourth-order valence-corrected chi connectivity index (χ4v) is 1.91. The van der Waals surface area contributed by atoms with Crippen molar-refractivity contribution in [3.8, 4) is 0 Å². The molecule has 1 aromatic heterocycles. The number of rotatable bonds is 6. The van der Waals surface area contributed by atoms with Crippen molar-refractivity contribution in [1.82, 2.24) is 9.97 Å². The van der Waals surface area contributed by atoms with Crippen LogP contribution in [0.3, 0.4) is 0 Å². The van der Waals surface area contributed by atoms with Crippen molar-refractivity contribution in [2.75, 3.05) is 17.7 Å². The standard InChI is InChI=1S/C14H16ClFN4O/c1-2-21-8-14-19-12(17)6-13(20-14)18-7-9-3-4-11(16)10(15)5-9/h3-6H,2,7-8H2,1H3,(H3,17,18,19,20). The summed E-state index contributed by atoms with van der Waals surface area (Å²) in [6, 6.07) is 6.17. The summed E-state index contributed by atoms with van der Waals surface area (Å²) in [7, 11) is 0. The van der Waals surface area contributed by atoms with Gasteiger partial charge in [0.1, 0.15) is 24.1 Å². The number of aromatic nitrogens is 2. The number of nitrogens with two attached hydrogens (primary N) is 1. The van der Waals surface area contributed by atoms with Gasteiger partial charge in [-0.15, -0.1) is 0 Å². The Morgan fingerprint density at radius 2 is 2.14 bits per heavy atom. The third kappa shape index (κ3) is 4.54. The predicted octanol–water partition coefficient (Wildman–Crippen LogP) is 3.00. The Kier molecular flexibility index (Phi) is 5.30. The van der Waals surface area contributed by atoms with Crippen LogP contribution in [0, 0.1) is 5.82 Å². The third-order valence-corrected chi connectivity index (χ3v) is 2.97. The van der Waals surface area contributed by atoms with Crippen molar-refractivity contribution in [2.45, 2.75) is 20.1 Å². The van der Waals surface area contributed by atoms with Crippen LogP contribution in [0.15, 0.2) is 24.3 Å². The summed E-state index contributed by atoms with van der Waals surface area (Å²) in [5.41, 5.74) is 6.56. The summed E-state index contributed by atoms with van der Waals surface area (Å²) < 4.78 is 18.3. The first kappa shape index (κ1) is 15.5. The van der Waals surface area contributed by atoms with E-state index in [-0.39, 0.29) is 5.02 Å². The SMILES string of the molecule is CCOCc1nc(N)cc(NCc2ccc(F)c(Cl)c2)n1. The van der Waals surface area contributed by atoms with Gasteiger partial charge in [0.05, 0.1) is 5.02 Å². The van der Waals surface area contributed by atoms with Crippen LogP contribution in [0.25, 0.3) is 0 Å². The number of ether oxygens (including phenoxy) is 1. The lowest BCUT2D eigenvalue weighted by Gasteiger charge is -2.09. The minimum absolute atomic E-state index is 0.0912. The second kappa shape index (κ2) is 7.19. The van der Waals surface area contributed by atoms with Crippen LogP contribution in [0.1, 0.15) is 18.3 Å². The largest absolute Gasteiger partial charge is 0.384 e. The smallest absolute Gasteiger partial charge is 0.158 e. The molecule has 0 amide bonds. The zero-order valence-corrected chi connectivity index (χ0v) is 12.3. The molecular weight excluding hydrogens is 295 g/mol. The van der Waals surface area contributed by atoms with Crippen molar-refractivity contribution in [3.05, 3.63) is 46.5 Å². The van der Waals surface area contributed by atoms with Crippen LogP contribution in [-0.2, 0) is 17.9 Å². The zero-order chi connectivity index (χ0) is 15.2. The van der Waals surface area contributed by atoms with Crippen molar-refractivity contribution >= 4 is 23.2 Å². The Morgan fingerprint density at radius 1 is 1.33 bits per heavy atom. The van der Waals surface area contributed by atoms with Crippen molar-refractivity contribution in [3.63, 3.8) is 0 Å². The summed E-state index contributed by atoms with van der Waals surface area (Å²) in [6.07, 6.45) is 0. The van der Waals surface area contributed by atoms with E-state index in [1.165, 1.54) is 6.07 Å². The van der Waals surface area contributed by atoms with E-state index < -0.39 is 5.82 Å². The van der Waals surface area contributed by atoms with Crippen LogP contribution in [0.4, 0.5) is 16.0 Å². The Hall–Kier alpha value is -1.92. The highest BCUT2D eigenvalue weighted by atomic mass is 35.5. The number of halogens is 2. The molecule has 112 valence electrons. The van der Waals surface area contributed by atoms with Crippen LogP contribution in [-0.4, -0.2) is 16.6 Å². The van der Waals surface area contributed by atoms with E-state index in [2.05, 4.69) is 15.3 Å². The molecule has 0 atom stereocenters. The number of hydrogen-bond acceptors (Lipinski definition) is 5.